The van der Waals surface area contributed by atoms with E-state index >= 15 is 0 Å². The minimum absolute atomic E-state index is 0.0394. The molecule has 134 valence electrons. The average molecular weight is 344 g/mol. The van der Waals surface area contributed by atoms with Crippen molar-refractivity contribution >= 4 is 23.5 Å². The summed E-state index contributed by atoms with van der Waals surface area (Å²) in [5, 5.41) is 2.78. The molecule has 1 rings (SSSR count). The van der Waals surface area contributed by atoms with Gasteiger partial charge in [-0.15, -0.1) is 0 Å². The summed E-state index contributed by atoms with van der Waals surface area (Å²) in [5.41, 5.74) is -0.688. The standard InChI is InChI=1S/C18H33NO3S/c1-13(2)11-22-12-17(3,4)23-10-8-7-9-14-15(20)18(5,6)19-16(14)21/h13-14H,7-12H2,1-6H3,(H,19,21). The van der Waals surface area contributed by atoms with Gasteiger partial charge in [-0.3, -0.25) is 9.59 Å². The van der Waals surface area contributed by atoms with Crippen LogP contribution >= 0.6 is 11.8 Å². The predicted molar refractivity (Wildman–Crippen MR) is 96.8 cm³/mol. The number of thioether (sulfide) groups is 1. The molecule has 0 aromatic rings. The van der Waals surface area contributed by atoms with Crippen molar-refractivity contribution in [3.63, 3.8) is 0 Å². The maximum Gasteiger partial charge on any atom is 0.231 e. The molecule has 1 heterocycles. The van der Waals surface area contributed by atoms with Gasteiger partial charge in [-0.2, -0.15) is 11.8 Å². The van der Waals surface area contributed by atoms with E-state index in [2.05, 4.69) is 33.0 Å². The number of amides is 1. The molecule has 1 atom stereocenters. The van der Waals surface area contributed by atoms with Gasteiger partial charge in [0, 0.05) is 11.4 Å². The molecule has 0 saturated carbocycles. The summed E-state index contributed by atoms with van der Waals surface area (Å²) < 4.78 is 5.84. The van der Waals surface area contributed by atoms with Gasteiger partial charge in [0.15, 0.2) is 5.78 Å². The lowest BCUT2D eigenvalue weighted by molar-refractivity contribution is -0.128. The van der Waals surface area contributed by atoms with Crippen LogP contribution in [0.5, 0.6) is 0 Å². The molecule has 0 spiro atoms. The van der Waals surface area contributed by atoms with Crippen LogP contribution in [0.3, 0.4) is 0 Å². The zero-order chi connectivity index (χ0) is 17.7. The zero-order valence-corrected chi connectivity index (χ0v) is 16.3. The maximum absolute atomic E-state index is 12.1. The van der Waals surface area contributed by atoms with Gasteiger partial charge in [-0.05, 0) is 52.2 Å². The molecule has 1 unspecified atom stereocenters. The number of hydrogen-bond acceptors (Lipinski definition) is 4. The number of ether oxygens (including phenoxy) is 1. The van der Waals surface area contributed by atoms with Gasteiger partial charge >= 0.3 is 0 Å². The third-order valence-electron chi connectivity index (χ3n) is 3.97. The second-order valence-electron chi connectivity index (χ2n) is 8.04. The van der Waals surface area contributed by atoms with Gasteiger partial charge in [-0.25, -0.2) is 0 Å². The Labute approximate surface area is 145 Å². The van der Waals surface area contributed by atoms with Crippen LogP contribution in [0.2, 0.25) is 0 Å². The quantitative estimate of drug-likeness (QED) is 0.488. The summed E-state index contributed by atoms with van der Waals surface area (Å²) in [6.07, 6.45) is 2.60. The number of hydrogen-bond donors (Lipinski definition) is 1. The van der Waals surface area contributed by atoms with Crippen molar-refractivity contribution in [2.24, 2.45) is 11.8 Å². The van der Waals surface area contributed by atoms with Gasteiger partial charge in [0.25, 0.3) is 0 Å². The second kappa shape index (κ2) is 8.52. The molecule has 1 saturated heterocycles. The molecule has 0 aromatic heterocycles. The highest BCUT2D eigenvalue weighted by atomic mass is 32.2. The van der Waals surface area contributed by atoms with Crippen molar-refractivity contribution in [1.82, 2.24) is 5.32 Å². The Morgan fingerprint density at radius 2 is 1.91 bits per heavy atom. The van der Waals surface area contributed by atoms with Crippen LogP contribution in [-0.2, 0) is 14.3 Å². The molecular formula is C18H33NO3S. The molecule has 0 bridgehead atoms. The summed E-state index contributed by atoms with van der Waals surface area (Å²) in [7, 11) is 0. The van der Waals surface area contributed by atoms with E-state index in [9.17, 15) is 9.59 Å². The first-order valence-electron chi connectivity index (χ1n) is 8.63. The Morgan fingerprint density at radius 3 is 2.43 bits per heavy atom. The molecule has 4 nitrogen and oxygen atoms in total. The lowest BCUT2D eigenvalue weighted by Gasteiger charge is -2.24. The van der Waals surface area contributed by atoms with E-state index in [0.29, 0.717) is 12.3 Å². The van der Waals surface area contributed by atoms with Crippen molar-refractivity contribution in [3.8, 4) is 0 Å². The van der Waals surface area contributed by atoms with Crippen LogP contribution < -0.4 is 5.32 Å². The molecule has 1 amide bonds. The first-order chi connectivity index (χ1) is 10.6. The zero-order valence-electron chi connectivity index (χ0n) is 15.5. The third-order valence-corrected chi connectivity index (χ3v) is 5.36. The van der Waals surface area contributed by atoms with Crippen molar-refractivity contribution in [3.05, 3.63) is 0 Å². The molecule has 23 heavy (non-hydrogen) atoms. The summed E-state index contributed by atoms with van der Waals surface area (Å²) in [6.45, 7) is 13.8. The fourth-order valence-electron chi connectivity index (χ4n) is 2.65. The number of carbonyl (C=O) groups excluding carboxylic acids is 2. The Hall–Kier alpha value is -0.550. The maximum atomic E-state index is 12.1. The number of unbranched alkanes of at least 4 members (excludes halogenated alkanes) is 1. The first kappa shape index (κ1) is 20.5. The van der Waals surface area contributed by atoms with Crippen molar-refractivity contribution in [2.45, 2.75) is 71.1 Å². The molecule has 1 fully saturated rings. The van der Waals surface area contributed by atoms with Crippen molar-refractivity contribution in [2.75, 3.05) is 19.0 Å². The smallest absolute Gasteiger partial charge is 0.231 e. The van der Waals surface area contributed by atoms with Crippen LogP contribution in [0.4, 0.5) is 0 Å². The molecule has 1 N–H and O–H groups in total. The third kappa shape index (κ3) is 6.84. The number of nitrogens with one attached hydrogen (secondary N) is 1. The molecule has 5 heteroatoms. The fourth-order valence-corrected chi connectivity index (χ4v) is 3.72. The Kier molecular flexibility index (Phi) is 7.59. The monoisotopic (exact) mass is 343 g/mol. The van der Waals surface area contributed by atoms with Gasteiger partial charge in [-0.1, -0.05) is 20.3 Å². The Balaban J connectivity index is 2.20. The number of rotatable bonds is 10. The fraction of sp³-hybridized carbons (Fsp3) is 0.889. The van der Waals surface area contributed by atoms with Crippen LogP contribution in [0.25, 0.3) is 0 Å². The summed E-state index contributed by atoms with van der Waals surface area (Å²) >= 11 is 1.90. The molecule has 0 aromatic carbocycles. The van der Waals surface area contributed by atoms with E-state index in [4.69, 9.17) is 4.74 Å². The minimum Gasteiger partial charge on any atom is -0.380 e. The van der Waals surface area contributed by atoms with Gasteiger partial charge in [0.1, 0.15) is 0 Å². The lowest BCUT2D eigenvalue weighted by Crippen LogP contribution is -2.39. The highest BCUT2D eigenvalue weighted by Gasteiger charge is 2.45. The highest BCUT2D eigenvalue weighted by Crippen LogP contribution is 2.28. The van der Waals surface area contributed by atoms with Gasteiger partial charge < -0.3 is 10.1 Å². The SMILES string of the molecule is CC(C)COCC(C)(C)SCCCCC1C(=O)NC(C)(C)C1=O. The summed E-state index contributed by atoms with van der Waals surface area (Å²) in [4.78, 5) is 24.0. The number of ketones is 1. The molecule has 0 radical (unpaired) electrons. The van der Waals surface area contributed by atoms with E-state index in [1.165, 1.54) is 0 Å². The predicted octanol–water partition coefficient (Wildman–Crippen LogP) is 3.43. The van der Waals surface area contributed by atoms with Crippen LogP contribution in [-0.4, -0.2) is 40.9 Å². The van der Waals surface area contributed by atoms with Crippen LogP contribution in [0.15, 0.2) is 0 Å². The number of carbonyl (C=O) groups is 2. The Bertz CT molecular complexity index is 418. The van der Waals surface area contributed by atoms with E-state index < -0.39 is 11.5 Å². The van der Waals surface area contributed by atoms with Gasteiger partial charge in [0.2, 0.25) is 5.91 Å². The molecule has 0 aliphatic carbocycles. The summed E-state index contributed by atoms with van der Waals surface area (Å²) in [5.74, 6) is 1.09. The van der Waals surface area contributed by atoms with Crippen molar-refractivity contribution in [1.29, 1.82) is 0 Å². The Morgan fingerprint density at radius 1 is 1.26 bits per heavy atom. The molecular weight excluding hydrogens is 310 g/mol. The minimum atomic E-state index is -0.688. The highest BCUT2D eigenvalue weighted by molar-refractivity contribution is 8.00. The average Bonchev–Trinajstić information content (AvgIpc) is 2.59. The normalized spacial score (nSPS) is 21.1. The topological polar surface area (TPSA) is 55.4 Å². The van der Waals surface area contributed by atoms with Crippen LogP contribution in [0, 0.1) is 11.8 Å². The largest absolute Gasteiger partial charge is 0.380 e. The van der Waals surface area contributed by atoms with E-state index in [1.54, 1.807) is 13.8 Å². The van der Waals surface area contributed by atoms with E-state index in [1.807, 2.05) is 11.8 Å². The van der Waals surface area contributed by atoms with Gasteiger partial charge in [0.05, 0.1) is 18.1 Å². The van der Waals surface area contributed by atoms with E-state index in [0.717, 1.165) is 31.8 Å². The summed E-state index contributed by atoms with van der Waals surface area (Å²) in [6, 6.07) is 0. The van der Waals surface area contributed by atoms with E-state index in [-0.39, 0.29) is 16.4 Å². The molecule has 1 aliphatic heterocycles. The van der Waals surface area contributed by atoms with Crippen LogP contribution in [0.1, 0.15) is 60.8 Å². The second-order valence-corrected chi connectivity index (χ2v) is 9.85. The lowest BCUT2D eigenvalue weighted by atomic mass is 9.91. The number of Topliss-reactive ketones (excluding diaryl/α,β-unsaturated/α-hetero) is 1. The van der Waals surface area contributed by atoms with Crippen molar-refractivity contribution < 1.29 is 14.3 Å². The molecule has 1 aliphatic rings. The first-order valence-corrected chi connectivity index (χ1v) is 9.62.